The predicted molar refractivity (Wildman–Crippen MR) is 53.6 cm³/mol. The highest BCUT2D eigenvalue weighted by molar-refractivity contribution is 5.23. The summed E-state index contributed by atoms with van der Waals surface area (Å²) in [4.78, 5) is 0. The lowest BCUT2D eigenvalue weighted by atomic mass is 10.0. The number of ether oxygens (including phenoxy) is 2. The van der Waals surface area contributed by atoms with Crippen molar-refractivity contribution in [2.75, 3.05) is 13.2 Å². The summed E-state index contributed by atoms with van der Waals surface area (Å²) in [5.41, 5.74) is 5.62. The molecule has 6 heteroatoms. The van der Waals surface area contributed by atoms with Gasteiger partial charge >= 0.3 is 0 Å². The van der Waals surface area contributed by atoms with Crippen LogP contribution in [0.25, 0.3) is 0 Å². The van der Waals surface area contributed by atoms with Crippen LogP contribution in [0, 0.1) is 17.5 Å². The summed E-state index contributed by atoms with van der Waals surface area (Å²) in [6.45, 7) is 0.912. The van der Waals surface area contributed by atoms with E-state index in [1.165, 1.54) is 0 Å². The molecule has 0 spiro atoms. The second kappa shape index (κ2) is 5.03. The van der Waals surface area contributed by atoms with Gasteiger partial charge in [-0.1, -0.05) is 6.07 Å². The number of hydrogen-bond acceptors (Lipinski definition) is 3. The van der Waals surface area contributed by atoms with Crippen LogP contribution in [0.1, 0.15) is 18.0 Å². The highest BCUT2D eigenvalue weighted by atomic mass is 19.2. The summed E-state index contributed by atoms with van der Waals surface area (Å²) in [7, 11) is 0. The summed E-state index contributed by atoms with van der Waals surface area (Å²) < 4.78 is 49.4. The third-order valence-corrected chi connectivity index (χ3v) is 2.60. The molecule has 2 N–H and O–H groups in total. The molecule has 1 aromatic rings. The van der Waals surface area contributed by atoms with Crippen LogP contribution < -0.4 is 5.73 Å². The summed E-state index contributed by atoms with van der Waals surface area (Å²) in [6, 6.07) is 1.19. The van der Waals surface area contributed by atoms with E-state index in [1.807, 2.05) is 0 Å². The molecule has 17 heavy (non-hydrogen) atoms. The van der Waals surface area contributed by atoms with Crippen molar-refractivity contribution in [3.8, 4) is 0 Å². The molecule has 1 heterocycles. The van der Waals surface area contributed by atoms with Crippen LogP contribution in [0.5, 0.6) is 0 Å². The first-order chi connectivity index (χ1) is 8.09. The number of hydrogen-bond donors (Lipinski definition) is 1. The number of nitrogens with two attached hydrogens (primary N) is 1. The number of rotatable bonds is 3. The second-order valence-corrected chi connectivity index (χ2v) is 3.78. The van der Waals surface area contributed by atoms with Gasteiger partial charge < -0.3 is 15.2 Å². The van der Waals surface area contributed by atoms with E-state index in [0.29, 0.717) is 13.2 Å². The smallest absolute Gasteiger partial charge is 0.194 e. The average molecular weight is 247 g/mol. The fourth-order valence-electron chi connectivity index (χ4n) is 1.70. The predicted octanol–water partition coefficient (Wildman–Crippen LogP) is 1.87. The molecule has 1 aliphatic rings. The molecule has 0 bridgehead atoms. The Morgan fingerprint density at radius 2 is 1.82 bits per heavy atom. The monoisotopic (exact) mass is 247 g/mol. The van der Waals surface area contributed by atoms with Gasteiger partial charge in [0.2, 0.25) is 0 Å². The van der Waals surface area contributed by atoms with Crippen molar-refractivity contribution >= 4 is 0 Å². The zero-order valence-electron chi connectivity index (χ0n) is 8.96. The minimum atomic E-state index is -1.51. The molecule has 0 amide bonds. The van der Waals surface area contributed by atoms with Gasteiger partial charge in [-0.05, 0) is 6.07 Å². The zero-order valence-corrected chi connectivity index (χ0v) is 8.96. The Kier molecular flexibility index (Phi) is 3.66. The van der Waals surface area contributed by atoms with Crippen LogP contribution in [0.15, 0.2) is 12.1 Å². The summed E-state index contributed by atoms with van der Waals surface area (Å²) in [5.74, 6) is -3.99. The summed E-state index contributed by atoms with van der Waals surface area (Å²) in [5, 5.41) is 0. The normalized spacial score (nSPS) is 18.6. The lowest BCUT2D eigenvalue weighted by molar-refractivity contribution is -0.0509. The Labute approximate surface area is 96.3 Å². The van der Waals surface area contributed by atoms with E-state index in [2.05, 4.69) is 0 Å². The first kappa shape index (κ1) is 12.3. The largest absolute Gasteiger partial charge is 0.350 e. The van der Waals surface area contributed by atoms with E-state index in [4.69, 9.17) is 15.2 Å². The van der Waals surface area contributed by atoms with Crippen molar-refractivity contribution in [1.82, 2.24) is 0 Å². The molecule has 0 radical (unpaired) electrons. The molecule has 0 aliphatic carbocycles. The molecule has 1 aliphatic heterocycles. The third-order valence-electron chi connectivity index (χ3n) is 2.60. The van der Waals surface area contributed by atoms with Crippen molar-refractivity contribution in [3.63, 3.8) is 0 Å². The quantitative estimate of drug-likeness (QED) is 0.829. The summed E-state index contributed by atoms with van der Waals surface area (Å²) in [6.07, 6.45) is -0.320. The van der Waals surface area contributed by atoms with Crippen molar-refractivity contribution in [3.05, 3.63) is 35.1 Å². The first-order valence-electron chi connectivity index (χ1n) is 5.21. The maximum atomic E-state index is 13.4. The van der Waals surface area contributed by atoms with Crippen molar-refractivity contribution in [1.29, 1.82) is 0 Å². The SMILES string of the molecule is NC(CC1OCCO1)c1ccc(F)c(F)c1F. The maximum absolute atomic E-state index is 13.4. The standard InChI is InChI=1S/C11H12F3NO2/c12-7-2-1-6(10(13)11(7)14)8(15)5-9-16-3-4-17-9/h1-2,8-9H,3-5,15H2. The van der Waals surface area contributed by atoms with Crippen LogP contribution in [0.4, 0.5) is 13.2 Å². The van der Waals surface area contributed by atoms with Gasteiger partial charge in [0.25, 0.3) is 0 Å². The molecular weight excluding hydrogens is 235 g/mol. The van der Waals surface area contributed by atoms with Crippen molar-refractivity contribution in [2.24, 2.45) is 5.73 Å². The van der Waals surface area contributed by atoms with Crippen LogP contribution in [0.3, 0.4) is 0 Å². The maximum Gasteiger partial charge on any atom is 0.194 e. The molecule has 1 aromatic carbocycles. The van der Waals surface area contributed by atoms with Crippen LogP contribution in [-0.4, -0.2) is 19.5 Å². The van der Waals surface area contributed by atoms with Gasteiger partial charge in [-0.3, -0.25) is 0 Å². The molecule has 1 atom stereocenters. The highest BCUT2D eigenvalue weighted by Gasteiger charge is 2.24. The molecule has 0 saturated carbocycles. The van der Waals surface area contributed by atoms with Gasteiger partial charge in [0.05, 0.1) is 13.2 Å². The van der Waals surface area contributed by atoms with E-state index in [0.717, 1.165) is 12.1 Å². The Morgan fingerprint density at radius 1 is 1.18 bits per heavy atom. The fourth-order valence-corrected chi connectivity index (χ4v) is 1.70. The van der Waals surface area contributed by atoms with Crippen LogP contribution in [0.2, 0.25) is 0 Å². The topological polar surface area (TPSA) is 44.5 Å². The molecular formula is C11H12F3NO2. The molecule has 1 saturated heterocycles. The second-order valence-electron chi connectivity index (χ2n) is 3.78. The molecule has 0 aromatic heterocycles. The number of halogens is 3. The Balaban J connectivity index is 2.13. The Bertz CT molecular complexity index is 408. The van der Waals surface area contributed by atoms with Gasteiger partial charge in [-0.15, -0.1) is 0 Å². The van der Waals surface area contributed by atoms with Gasteiger partial charge in [-0.2, -0.15) is 0 Å². The lowest BCUT2D eigenvalue weighted by Crippen LogP contribution is -2.21. The van der Waals surface area contributed by atoms with E-state index in [9.17, 15) is 13.2 Å². The van der Waals surface area contributed by atoms with Crippen LogP contribution in [-0.2, 0) is 9.47 Å². The van der Waals surface area contributed by atoms with Crippen LogP contribution >= 0.6 is 0 Å². The van der Waals surface area contributed by atoms with E-state index >= 15 is 0 Å². The minimum absolute atomic E-state index is 0.0806. The van der Waals surface area contributed by atoms with Gasteiger partial charge in [0.1, 0.15) is 0 Å². The Morgan fingerprint density at radius 3 is 2.47 bits per heavy atom. The summed E-state index contributed by atoms with van der Waals surface area (Å²) >= 11 is 0. The minimum Gasteiger partial charge on any atom is -0.350 e. The fraction of sp³-hybridized carbons (Fsp3) is 0.455. The highest BCUT2D eigenvalue weighted by Crippen LogP contribution is 2.24. The van der Waals surface area contributed by atoms with Crippen molar-refractivity contribution < 1.29 is 22.6 Å². The van der Waals surface area contributed by atoms with Gasteiger partial charge in [-0.25, -0.2) is 13.2 Å². The Hall–Kier alpha value is -1.11. The molecule has 94 valence electrons. The number of benzene rings is 1. The molecule has 1 fully saturated rings. The van der Waals surface area contributed by atoms with Gasteiger partial charge in [0, 0.05) is 18.0 Å². The van der Waals surface area contributed by atoms with Gasteiger partial charge in [0.15, 0.2) is 23.7 Å². The molecule has 3 nitrogen and oxygen atoms in total. The average Bonchev–Trinajstić information content (AvgIpc) is 2.78. The van der Waals surface area contributed by atoms with Crippen molar-refractivity contribution in [2.45, 2.75) is 18.8 Å². The van der Waals surface area contributed by atoms with E-state index in [1.54, 1.807) is 0 Å². The zero-order chi connectivity index (χ0) is 12.4. The first-order valence-corrected chi connectivity index (χ1v) is 5.21. The van der Waals surface area contributed by atoms with E-state index in [-0.39, 0.29) is 12.0 Å². The third kappa shape index (κ3) is 2.59. The lowest BCUT2D eigenvalue weighted by Gasteiger charge is -2.16. The van der Waals surface area contributed by atoms with E-state index < -0.39 is 29.8 Å². The molecule has 1 unspecified atom stereocenters. The molecule has 2 rings (SSSR count).